The predicted molar refractivity (Wildman–Crippen MR) is 99.5 cm³/mol. The Labute approximate surface area is 153 Å². The van der Waals surface area contributed by atoms with E-state index in [1.54, 1.807) is 48.5 Å². The second kappa shape index (κ2) is 6.87. The van der Waals surface area contributed by atoms with E-state index in [9.17, 15) is 9.59 Å². The molecule has 0 aliphatic carbocycles. The average molecular weight is 361 g/mol. The van der Waals surface area contributed by atoms with Gasteiger partial charge in [-0.2, -0.15) is 0 Å². The van der Waals surface area contributed by atoms with Crippen molar-refractivity contribution in [3.63, 3.8) is 0 Å². The minimum atomic E-state index is -0.503. The molecule has 27 heavy (non-hydrogen) atoms. The molecule has 1 N–H and O–H groups in total. The summed E-state index contributed by atoms with van der Waals surface area (Å²) in [6.45, 7) is 1.93. The van der Waals surface area contributed by atoms with Gasteiger partial charge in [0.05, 0.1) is 5.39 Å². The van der Waals surface area contributed by atoms with Crippen LogP contribution in [-0.4, -0.2) is 16.1 Å². The van der Waals surface area contributed by atoms with E-state index in [0.29, 0.717) is 34.9 Å². The number of anilines is 1. The molecular formula is C20H15N3O4. The molecule has 134 valence electrons. The third-order valence-electron chi connectivity index (χ3n) is 4.02. The molecule has 0 bridgehead atoms. The average Bonchev–Trinajstić information content (AvgIpc) is 3.18. The van der Waals surface area contributed by atoms with Crippen molar-refractivity contribution in [1.29, 1.82) is 0 Å². The molecule has 0 radical (unpaired) electrons. The van der Waals surface area contributed by atoms with E-state index in [-0.39, 0.29) is 11.2 Å². The lowest BCUT2D eigenvalue weighted by Crippen LogP contribution is -2.14. The Morgan fingerprint density at radius 3 is 2.56 bits per heavy atom. The molecule has 0 atom stereocenters. The normalized spacial score (nSPS) is 10.9. The summed E-state index contributed by atoms with van der Waals surface area (Å²) in [6, 6.07) is 14.9. The smallest absolute Gasteiger partial charge is 0.291 e. The highest BCUT2D eigenvalue weighted by molar-refractivity contribution is 6.03. The number of carbonyl (C=O) groups excluding carboxylic acids is 1. The molecule has 2 aromatic carbocycles. The molecule has 0 unspecified atom stereocenters. The number of para-hydroxylation sites is 1. The van der Waals surface area contributed by atoms with Crippen molar-refractivity contribution in [3.05, 3.63) is 76.5 Å². The molecule has 0 saturated carbocycles. The van der Waals surface area contributed by atoms with Crippen LogP contribution in [0.1, 0.15) is 23.4 Å². The van der Waals surface area contributed by atoms with Crippen molar-refractivity contribution in [2.45, 2.75) is 13.3 Å². The van der Waals surface area contributed by atoms with Crippen LogP contribution in [0.5, 0.6) is 0 Å². The van der Waals surface area contributed by atoms with Gasteiger partial charge in [-0.3, -0.25) is 9.59 Å². The maximum Gasteiger partial charge on any atom is 0.291 e. The summed E-state index contributed by atoms with van der Waals surface area (Å²) in [4.78, 5) is 24.5. The van der Waals surface area contributed by atoms with Gasteiger partial charge in [-0.05, 0) is 36.4 Å². The molecule has 0 spiro atoms. The van der Waals surface area contributed by atoms with E-state index >= 15 is 0 Å². The molecule has 0 saturated heterocycles. The van der Waals surface area contributed by atoms with Crippen LogP contribution in [0.4, 0.5) is 5.69 Å². The van der Waals surface area contributed by atoms with Gasteiger partial charge in [0.2, 0.25) is 11.8 Å². The zero-order valence-corrected chi connectivity index (χ0v) is 14.4. The zero-order chi connectivity index (χ0) is 18.8. The first-order valence-electron chi connectivity index (χ1n) is 8.41. The van der Waals surface area contributed by atoms with Crippen molar-refractivity contribution >= 4 is 22.6 Å². The largest absolute Gasteiger partial charge is 0.451 e. The highest BCUT2D eigenvalue weighted by Crippen LogP contribution is 2.21. The first-order chi connectivity index (χ1) is 13.1. The predicted octanol–water partition coefficient (Wildman–Crippen LogP) is 3.66. The minimum Gasteiger partial charge on any atom is -0.451 e. The molecular weight excluding hydrogens is 346 g/mol. The number of benzene rings is 2. The lowest BCUT2D eigenvalue weighted by Gasteiger charge is -2.06. The van der Waals surface area contributed by atoms with Gasteiger partial charge >= 0.3 is 0 Å². The molecule has 7 nitrogen and oxygen atoms in total. The Bertz CT molecular complexity index is 1180. The first kappa shape index (κ1) is 16.7. The van der Waals surface area contributed by atoms with Gasteiger partial charge in [0.25, 0.3) is 5.91 Å². The molecule has 0 fully saturated rings. The highest BCUT2D eigenvalue weighted by atomic mass is 16.4. The minimum absolute atomic E-state index is 0.0488. The van der Waals surface area contributed by atoms with E-state index in [0.717, 1.165) is 5.56 Å². The second-order valence-corrected chi connectivity index (χ2v) is 5.86. The second-order valence-electron chi connectivity index (χ2n) is 5.86. The standard InChI is InChI=1S/C20H15N3O4/c1-2-18-22-23-20(27-18)12-7-9-13(10-8-12)21-19(25)17-11-15(24)14-5-3-4-6-16(14)26-17/h3-11H,2H2,1H3,(H,21,25). The molecule has 0 aliphatic heterocycles. The van der Waals surface area contributed by atoms with E-state index in [4.69, 9.17) is 8.83 Å². The number of carbonyl (C=O) groups is 1. The van der Waals surface area contributed by atoms with Crippen LogP contribution >= 0.6 is 0 Å². The van der Waals surface area contributed by atoms with Crippen LogP contribution < -0.4 is 10.7 Å². The summed E-state index contributed by atoms with van der Waals surface area (Å²) in [7, 11) is 0. The molecule has 0 aliphatic rings. The van der Waals surface area contributed by atoms with Gasteiger partial charge in [-0.15, -0.1) is 10.2 Å². The van der Waals surface area contributed by atoms with Crippen LogP contribution in [0.15, 0.2) is 68.2 Å². The van der Waals surface area contributed by atoms with Crippen LogP contribution in [0.25, 0.3) is 22.4 Å². The number of hydrogen-bond donors (Lipinski definition) is 1. The molecule has 4 aromatic rings. The van der Waals surface area contributed by atoms with Gasteiger partial charge < -0.3 is 14.2 Å². The van der Waals surface area contributed by atoms with Crippen LogP contribution in [0, 0.1) is 0 Å². The molecule has 7 heteroatoms. The number of fused-ring (bicyclic) bond motifs is 1. The number of nitrogens with one attached hydrogen (secondary N) is 1. The van der Waals surface area contributed by atoms with Crippen molar-refractivity contribution < 1.29 is 13.6 Å². The summed E-state index contributed by atoms with van der Waals surface area (Å²) in [5.41, 5.74) is 1.40. The maximum atomic E-state index is 12.4. The summed E-state index contributed by atoms with van der Waals surface area (Å²) >= 11 is 0. The highest BCUT2D eigenvalue weighted by Gasteiger charge is 2.13. The quantitative estimate of drug-likeness (QED) is 0.596. The van der Waals surface area contributed by atoms with Crippen molar-refractivity contribution in [1.82, 2.24) is 10.2 Å². The lowest BCUT2D eigenvalue weighted by molar-refractivity contribution is 0.0997. The summed E-state index contributed by atoms with van der Waals surface area (Å²) in [5.74, 6) is 0.433. The van der Waals surface area contributed by atoms with Gasteiger partial charge in [-0.25, -0.2) is 0 Å². The zero-order valence-electron chi connectivity index (χ0n) is 14.4. The fraction of sp³-hybridized carbons (Fsp3) is 0.100. The van der Waals surface area contributed by atoms with Crippen molar-refractivity contribution in [2.75, 3.05) is 5.32 Å². The molecule has 2 heterocycles. The number of nitrogens with zero attached hydrogens (tertiary/aromatic N) is 2. The van der Waals surface area contributed by atoms with Crippen LogP contribution in [0.2, 0.25) is 0 Å². The number of amides is 1. The molecule has 1 amide bonds. The molecule has 4 rings (SSSR count). The number of hydrogen-bond acceptors (Lipinski definition) is 6. The molecule has 2 aromatic heterocycles. The maximum absolute atomic E-state index is 12.4. The van der Waals surface area contributed by atoms with Gasteiger partial charge in [0.15, 0.2) is 11.2 Å². The topological polar surface area (TPSA) is 98.2 Å². The Morgan fingerprint density at radius 2 is 1.81 bits per heavy atom. The Hall–Kier alpha value is -3.74. The Balaban J connectivity index is 1.55. The van der Waals surface area contributed by atoms with Crippen molar-refractivity contribution in [2.24, 2.45) is 0 Å². The van der Waals surface area contributed by atoms with Gasteiger partial charge in [0.1, 0.15) is 5.58 Å². The van der Waals surface area contributed by atoms with Gasteiger partial charge in [0, 0.05) is 23.7 Å². The van der Waals surface area contributed by atoms with E-state index in [1.807, 2.05) is 6.92 Å². The first-order valence-corrected chi connectivity index (χ1v) is 8.41. The van der Waals surface area contributed by atoms with Gasteiger partial charge in [-0.1, -0.05) is 19.1 Å². The third kappa shape index (κ3) is 3.35. The summed E-state index contributed by atoms with van der Waals surface area (Å²) in [6.07, 6.45) is 0.665. The SMILES string of the molecule is CCc1nnc(-c2ccc(NC(=O)c3cc(=O)c4ccccc4o3)cc2)o1. The summed E-state index contributed by atoms with van der Waals surface area (Å²) < 4.78 is 11.0. The fourth-order valence-corrected chi connectivity index (χ4v) is 2.62. The van der Waals surface area contributed by atoms with E-state index < -0.39 is 5.91 Å². The Kier molecular flexibility index (Phi) is 4.25. The monoisotopic (exact) mass is 361 g/mol. The number of aromatic nitrogens is 2. The Morgan fingerprint density at radius 1 is 1.04 bits per heavy atom. The number of aryl methyl sites for hydroxylation is 1. The van der Waals surface area contributed by atoms with Crippen LogP contribution in [0.3, 0.4) is 0 Å². The van der Waals surface area contributed by atoms with Crippen LogP contribution in [-0.2, 0) is 6.42 Å². The van der Waals surface area contributed by atoms with Crippen molar-refractivity contribution in [3.8, 4) is 11.5 Å². The number of rotatable bonds is 4. The fourth-order valence-electron chi connectivity index (χ4n) is 2.62. The van der Waals surface area contributed by atoms with E-state index in [1.165, 1.54) is 6.07 Å². The third-order valence-corrected chi connectivity index (χ3v) is 4.02. The van der Waals surface area contributed by atoms with E-state index in [2.05, 4.69) is 15.5 Å². The lowest BCUT2D eigenvalue weighted by atomic mass is 10.2. The summed E-state index contributed by atoms with van der Waals surface area (Å²) in [5, 5.41) is 11.0.